The van der Waals surface area contributed by atoms with Crippen LogP contribution in [0.25, 0.3) is 55.6 Å². The largest absolute Gasteiger partial charge is 0.309 e. The summed E-state index contributed by atoms with van der Waals surface area (Å²) in [5.74, 6) is 0. The Balaban J connectivity index is 1.16. The molecule has 0 heterocycles. The minimum atomic E-state index is -0.0932. The van der Waals surface area contributed by atoms with Gasteiger partial charge in [0.1, 0.15) is 0 Å². The Hall–Kier alpha value is -6.44. The number of nitrogens with zero attached hydrogens (tertiary/aromatic N) is 1. The summed E-state index contributed by atoms with van der Waals surface area (Å²) < 4.78 is 0. The third kappa shape index (κ3) is 4.99. The van der Waals surface area contributed by atoms with E-state index in [0.717, 1.165) is 18.5 Å². The molecule has 292 valence electrons. The van der Waals surface area contributed by atoms with Crippen LogP contribution >= 0.6 is 0 Å². The van der Waals surface area contributed by atoms with E-state index in [9.17, 15) is 0 Å². The normalized spacial score (nSPS) is 15.4. The molecule has 11 rings (SSSR count). The van der Waals surface area contributed by atoms with Crippen molar-refractivity contribution in [3.63, 3.8) is 0 Å². The van der Waals surface area contributed by atoms with Crippen LogP contribution in [0, 0.1) is 0 Å². The third-order valence-electron chi connectivity index (χ3n) is 14.8. The number of hydrogen-bond donors (Lipinski definition) is 0. The zero-order chi connectivity index (χ0) is 41.0. The average Bonchev–Trinajstić information content (AvgIpc) is 3.81. The Morgan fingerprint density at radius 1 is 0.350 bits per heavy atom. The first-order valence-corrected chi connectivity index (χ1v) is 21.9. The molecule has 3 aliphatic carbocycles. The molecule has 1 heteroatoms. The highest BCUT2D eigenvalue weighted by atomic mass is 15.1. The van der Waals surface area contributed by atoms with Gasteiger partial charge in [0.15, 0.2) is 0 Å². The molecule has 8 aromatic rings. The fraction of sp³-hybridized carbons (Fsp3) is 0.186. The summed E-state index contributed by atoms with van der Waals surface area (Å²) in [4.78, 5) is 2.58. The van der Waals surface area contributed by atoms with Crippen LogP contribution in [0.2, 0.25) is 0 Å². The molecule has 0 unspecified atom stereocenters. The second-order valence-electron chi connectivity index (χ2n) is 18.3. The fourth-order valence-corrected chi connectivity index (χ4v) is 11.7. The Morgan fingerprint density at radius 3 is 1.60 bits per heavy atom. The molecule has 0 bridgehead atoms. The van der Waals surface area contributed by atoms with Gasteiger partial charge in [-0.15, -0.1) is 0 Å². The van der Waals surface area contributed by atoms with Gasteiger partial charge in [0.25, 0.3) is 0 Å². The Kier molecular flexibility index (Phi) is 8.11. The second-order valence-corrected chi connectivity index (χ2v) is 18.3. The lowest BCUT2D eigenvalue weighted by atomic mass is 9.74. The standard InChI is InChI=1S/C59H51N/c1-7-59(8-2)50-29-15-11-25-45(50)56-52(59)31-19-33-54(56)60(40-21-17-20-38(36-40)39-34-35-49-46(37-39)41-22-9-13-27-47(41)57(49,3)4)53-32-16-12-23-42(53)43-26-18-30-51-55(43)44-24-10-14-28-48(44)58(51,5)6/h9-37H,7-8H2,1-6H3. The first kappa shape index (κ1) is 36.6. The van der Waals surface area contributed by atoms with Crippen LogP contribution in [0.4, 0.5) is 17.1 Å². The zero-order valence-corrected chi connectivity index (χ0v) is 35.6. The molecule has 60 heavy (non-hydrogen) atoms. The fourth-order valence-electron chi connectivity index (χ4n) is 11.7. The molecule has 0 saturated carbocycles. The smallest absolute Gasteiger partial charge is 0.0543 e. The van der Waals surface area contributed by atoms with Gasteiger partial charge in [-0.05, 0) is 121 Å². The number of benzene rings is 8. The predicted octanol–water partition coefficient (Wildman–Crippen LogP) is 16.2. The highest BCUT2D eigenvalue weighted by Crippen LogP contribution is 2.59. The molecule has 0 atom stereocenters. The molecule has 0 radical (unpaired) electrons. The van der Waals surface area contributed by atoms with Crippen LogP contribution in [0.15, 0.2) is 176 Å². The summed E-state index contributed by atoms with van der Waals surface area (Å²) in [7, 11) is 0. The minimum absolute atomic E-state index is 0.0314. The van der Waals surface area contributed by atoms with E-state index in [0.29, 0.717) is 0 Å². The third-order valence-corrected chi connectivity index (χ3v) is 14.8. The summed E-state index contributed by atoms with van der Waals surface area (Å²) in [5.41, 5.74) is 24.8. The summed E-state index contributed by atoms with van der Waals surface area (Å²) in [6, 6.07) is 66.7. The molecular weight excluding hydrogens is 723 g/mol. The van der Waals surface area contributed by atoms with Crippen molar-refractivity contribution < 1.29 is 0 Å². The summed E-state index contributed by atoms with van der Waals surface area (Å²) in [6.07, 6.45) is 2.10. The second kappa shape index (κ2) is 13.3. The van der Waals surface area contributed by atoms with Crippen LogP contribution in [0.3, 0.4) is 0 Å². The molecule has 0 N–H and O–H groups in total. The van der Waals surface area contributed by atoms with E-state index in [-0.39, 0.29) is 16.2 Å². The predicted molar refractivity (Wildman–Crippen MR) is 254 cm³/mol. The minimum Gasteiger partial charge on any atom is -0.309 e. The van der Waals surface area contributed by atoms with E-state index in [1.165, 1.54) is 100 Å². The Labute approximate surface area is 356 Å². The van der Waals surface area contributed by atoms with E-state index < -0.39 is 0 Å². The van der Waals surface area contributed by atoms with Crippen molar-refractivity contribution in [3.8, 4) is 55.6 Å². The number of para-hydroxylation sites is 1. The van der Waals surface area contributed by atoms with Crippen LogP contribution in [0.1, 0.15) is 87.8 Å². The Morgan fingerprint density at radius 2 is 0.850 bits per heavy atom. The SMILES string of the molecule is CCC1(CC)c2ccccc2-c2c(N(c3cccc(-c4ccc5c(c4)-c4ccccc4C5(C)C)c3)c3ccccc3-c3cccc4c3-c3ccccc3C4(C)C)cccc21. The van der Waals surface area contributed by atoms with Gasteiger partial charge < -0.3 is 4.90 Å². The monoisotopic (exact) mass is 773 g/mol. The highest BCUT2D eigenvalue weighted by molar-refractivity contribution is 6.01. The highest BCUT2D eigenvalue weighted by Gasteiger charge is 2.43. The van der Waals surface area contributed by atoms with Crippen LogP contribution in [-0.4, -0.2) is 0 Å². The van der Waals surface area contributed by atoms with Crippen molar-refractivity contribution in [2.24, 2.45) is 0 Å². The molecule has 3 aliphatic rings. The number of anilines is 3. The molecule has 0 fully saturated rings. The van der Waals surface area contributed by atoms with Gasteiger partial charge in [0.05, 0.1) is 11.4 Å². The summed E-state index contributed by atoms with van der Waals surface area (Å²) in [5, 5.41) is 0. The maximum Gasteiger partial charge on any atom is 0.0543 e. The molecule has 0 aliphatic heterocycles. The average molecular weight is 774 g/mol. The van der Waals surface area contributed by atoms with E-state index in [2.05, 4.69) is 222 Å². The molecule has 0 amide bonds. The number of fused-ring (bicyclic) bond motifs is 9. The van der Waals surface area contributed by atoms with Gasteiger partial charge in [0.2, 0.25) is 0 Å². The van der Waals surface area contributed by atoms with Crippen molar-refractivity contribution in [3.05, 3.63) is 209 Å². The van der Waals surface area contributed by atoms with Crippen LogP contribution < -0.4 is 4.90 Å². The molecule has 8 aromatic carbocycles. The topological polar surface area (TPSA) is 3.24 Å². The molecule has 0 spiro atoms. The van der Waals surface area contributed by atoms with Gasteiger partial charge in [-0.1, -0.05) is 187 Å². The first-order chi connectivity index (χ1) is 29.2. The lowest BCUT2D eigenvalue weighted by Crippen LogP contribution is -2.23. The first-order valence-electron chi connectivity index (χ1n) is 21.9. The number of hydrogen-bond acceptors (Lipinski definition) is 1. The van der Waals surface area contributed by atoms with Crippen LogP contribution in [0.5, 0.6) is 0 Å². The van der Waals surface area contributed by atoms with Crippen molar-refractivity contribution >= 4 is 17.1 Å². The van der Waals surface area contributed by atoms with Gasteiger partial charge >= 0.3 is 0 Å². The summed E-state index contributed by atoms with van der Waals surface area (Å²) >= 11 is 0. The van der Waals surface area contributed by atoms with Crippen molar-refractivity contribution in [1.29, 1.82) is 0 Å². The van der Waals surface area contributed by atoms with E-state index >= 15 is 0 Å². The zero-order valence-electron chi connectivity index (χ0n) is 35.6. The maximum atomic E-state index is 2.58. The molecular formula is C59H51N. The summed E-state index contributed by atoms with van der Waals surface area (Å²) in [6.45, 7) is 14.2. The quantitative estimate of drug-likeness (QED) is 0.156. The molecule has 1 nitrogen and oxygen atoms in total. The van der Waals surface area contributed by atoms with E-state index in [1.807, 2.05) is 0 Å². The maximum absolute atomic E-state index is 2.58. The van der Waals surface area contributed by atoms with E-state index in [1.54, 1.807) is 0 Å². The van der Waals surface area contributed by atoms with E-state index in [4.69, 9.17) is 0 Å². The Bertz CT molecular complexity index is 3030. The van der Waals surface area contributed by atoms with Crippen LogP contribution in [-0.2, 0) is 16.2 Å². The van der Waals surface area contributed by atoms with Gasteiger partial charge in [0, 0.05) is 33.1 Å². The lowest BCUT2D eigenvalue weighted by Gasteiger charge is -2.32. The van der Waals surface area contributed by atoms with Crippen molar-refractivity contribution in [1.82, 2.24) is 0 Å². The van der Waals surface area contributed by atoms with Gasteiger partial charge in [-0.25, -0.2) is 0 Å². The number of rotatable bonds is 7. The lowest BCUT2D eigenvalue weighted by molar-refractivity contribution is 0.490. The molecule has 0 saturated heterocycles. The molecule has 0 aromatic heterocycles. The van der Waals surface area contributed by atoms with Gasteiger partial charge in [-0.2, -0.15) is 0 Å². The van der Waals surface area contributed by atoms with Crippen molar-refractivity contribution in [2.45, 2.75) is 70.6 Å². The van der Waals surface area contributed by atoms with Crippen molar-refractivity contribution in [2.75, 3.05) is 4.90 Å². The van der Waals surface area contributed by atoms with Gasteiger partial charge in [-0.3, -0.25) is 0 Å².